The fourth-order valence-corrected chi connectivity index (χ4v) is 2.74. The molecule has 1 aromatic carbocycles. The summed E-state index contributed by atoms with van der Waals surface area (Å²) in [4.78, 5) is 19.7. The Morgan fingerprint density at radius 3 is 2.91 bits per heavy atom. The van der Waals surface area contributed by atoms with Crippen LogP contribution in [0.3, 0.4) is 0 Å². The number of fused-ring (bicyclic) bond motifs is 1. The van der Waals surface area contributed by atoms with E-state index in [0.717, 1.165) is 28.6 Å². The molecule has 3 rings (SSSR count). The molecule has 0 spiro atoms. The highest BCUT2D eigenvalue weighted by Gasteiger charge is 2.06. The van der Waals surface area contributed by atoms with E-state index < -0.39 is 0 Å². The Labute approximate surface area is 135 Å². The lowest BCUT2D eigenvalue weighted by atomic mass is 10.1. The van der Waals surface area contributed by atoms with E-state index in [2.05, 4.69) is 28.3 Å². The summed E-state index contributed by atoms with van der Waals surface area (Å²) in [7, 11) is 0. The van der Waals surface area contributed by atoms with Gasteiger partial charge in [0.2, 0.25) is 0 Å². The maximum absolute atomic E-state index is 12.2. The van der Waals surface area contributed by atoms with E-state index in [-0.39, 0.29) is 5.43 Å². The van der Waals surface area contributed by atoms with E-state index in [1.54, 1.807) is 12.3 Å². The summed E-state index contributed by atoms with van der Waals surface area (Å²) in [5.41, 5.74) is 4.16. The number of aromatic amines is 1. The molecule has 118 valence electrons. The quantitative estimate of drug-likeness (QED) is 0.762. The van der Waals surface area contributed by atoms with Gasteiger partial charge in [-0.1, -0.05) is 17.7 Å². The van der Waals surface area contributed by atoms with Gasteiger partial charge in [0.1, 0.15) is 0 Å². The number of hydrogen-bond acceptors (Lipinski definition) is 3. The van der Waals surface area contributed by atoms with Gasteiger partial charge in [-0.05, 0) is 44.0 Å². The zero-order valence-electron chi connectivity index (χ0n) is 13.5. The second-order valence-electron chi connectivity index (χ2n) is 6.06. The predicted octanol–water partition coefficient (Wildman–Crippen LogP) is 2.95. The van der Waals surface area contributed by atoms with Crippen LogP contribution >= 0.6 is 0 Å². The normalized spacial score (nSPS) is 12.4. The van der Waals surface area contributed by atoms with E-state index >= 15 is 0 Å². The standard InChI is InChI=1S/C19H21N3O/c1-13-5-6-18-17(8-13)19(23)10-16(22-18)12-21-14(2)9-15-4-3-7-20-11-15/h3-8,10-11,14,21H,9,12H2,1-2H3,(H,22,23)/t14-/m1/s1. The van der Waals surface area contributed by atoms with E-state index in [0.29, 0.717) is 12.6 Å². The average molecular weight is 307 g/mol. The third kappa shape index (κ3) is 3.85. The molecule has 0 saturated carbocycles. The maximum atomic E-state index is 12.2. The van der Waals surface area contributed by atoms with Gasteiger partial charge in [0.05, 0.1) is 0 Å². The molecular formula is C19H21N3O. The van der Waals surface area contributed by atoms with Gasteiger partial charge < -0.3 is 10.3 Å². The van der Waals surface area contributed by atoms with Crippen molar-refractivity contribution in [1.29, 1.82) is 0 Å². The Kier molecular flexibility index (Phi) is 4.53. The molecule has 23 heavy (non-hydrogen) atoms. The largest absolute Gasteiger partial charge is 0.357 e. The number of aromatic nitrogens is 2. The second-order valence-corrected chi connectivity index (χ2v) is 6.06. The molecule has 2 heterocycles. The molecule has 0 fully saturated rings. The Morgan fingerprint density at radius 2 is 2.13 bits per heavy atom. The SMILES string of the molecule is Cc1ccc2[nH]c(CN[C@H](C)Cc3cccnc3)cc(=O)c2c1. The molecule has 4 heteroatoms. The van der Waals surface area contributed by atoms with Gasteiger partial charge >= 0.3 is 0 Å². The molecule has 0 aliphatic heterocycles. The summed E-state index contributed by atoms with van der Waals surface area (Å²) in [5, 5.41) is 4.20. The lowest BCUT2D eigenvalue weighted by molar-refractivity contribution is 0.540. The monoisotopic (exact) mass is 307 g/mol. The van der Waals surface area contributed by atoms with Crippen molar-refractivity contribution in [1.82, 2.24) is 15.3 Å². The van der Waals surface area contributed by atoms with Gasteiger partial charge in [-0.2, -0.15) is 0 Å². The molecule has 0 aliphatic carbocycles. The van der Waals surface area contributed by atoms with Crippen molar-refractivity contribution >= 4 is 10.9 Å². The van der Waals surface area contributed by atoms with Crippen LogP contribution < -0.4 is 10.7 Å². The molecule has 0 unspecified atom stereocenters. The van der Waals surface area contributed by atoms with Crippen LogP contribution in [0.15, 0.2) is 53.6 Å². The van der Waals surface area contributed by atoms with Crippen molar-refractivity contribution < 1.29 is 0 Å². The van der Waals surface area contributed by atoms with Gasteiger partial charge in [-0.3, -0.25) is 9.78 Å². The molecule has 0 amide bonds. The molecule has 1 atom stereocenters. The zero-order valence-corrected chi connectivity index (χ0v) is 13.5. The topological polar surface area (TPSA) is 57.8 Å². The highest BCUT2D eigenvalue weighted by atomic mass is 16.1. The number of rotatable bonds is 5. The third-order valence-corrected chi connectivity index (χ3v) is 3.95. The highest BCUT2D eigenvalue weighted by Crippen LogP contribution is 2.11. The summed E-state index contributed by atoms with van der Waals surface area (Å²) < 4.78 is 0. The zero-order chi connectivity index (χ0) is 16.2. The van der Waals surface area contributed by atoms with Crippen LogP contribution in [-0.2, 0) is 13.0 Å². The molecule has 2 aromatic heterocycles. The van der Waals surface area contributed by atoms with E-state index in [1.807, 2.05) is 37.4 Å². The molecule has 0 saturated heterocycles. The number of benzene rings is 1. The minimum absolute atomic E-state index is 0.0687. The number of nitrogens with one attached hydrogen (secondary N) is 2. The van der Waals surface area contributed by atoms with Crippen LogP contribution in [0.4, 0.5) is 0 Å². The van der Waals surface area contributed by atoms with Crippen LogP contribution in [0.25, 0.3) is 10.9 Å². The summed E-state index contributed by atoms with van der Waals surface area (Å²) >= 11 is 0. The van der Waals surface area contributed by atoms with Crippen LogP contribution in [0.1, 0.15) is 23.7 Å². The van der Waals surface area contributed by atoms with Crippen LogP contribution in [0.5, 0.6) is 0 Å². The molecule has 0 aliphatic rings. The fourth-order valence-electron chi connectivity index (χ4n) is 2.74. The number of aryl methyl sites for hydroxylation is 1. The van der Waals surface area contributed by atoms with Crippen molar-refractivity contribution in [2.75, 3.05) is 0 Å². The van der Waals surface area contributed by atoms with Crippen LogP contribution in [-0.4, -0.2) is 16.0 Å². The highest BCUT2D eigenvalue weighted by molar-refractivity contribution is 5.79. The lowest BCUT2D eigenvalue weighted by Gasteiger charge is -2.14. The van der Waals surface area contributed by atoms with Crippen LogP contribution in [0.2, 0.25) is 0 Å². The van der Waals surface area contributed by atoms with Gasteiger partial charge in [-0.15, -0.1) is 0 Å². The van der Waals surface area contributed by atoms with Crippen molar-refractivity contribution in [2.45, 2.75) is 32.9 Å². The minimum Gasteiger partial charge on any atom is -0.357 e. The number of nitrogens with zero attached hydrogens (tertiary/aromatic N) is 1. The molecule has 3 aromatic rings. The number of H-pyrrole nitrogens is 1. The predicted molar refractivity (Wildman–Crippen MR) is 93.5 cm³/mol. The van der Waals surface area contributed by atoms with Gasteiger partial charge in [-0.25, -0.2) is 0 Å². The Balaban J connectivity index is 1.69. The lowest BCUT2D eigenvalue weighted by Crippen LogP contribution is -2.28. The molecule has 2 N–H and O–H groups in total. The van der Waals surface area contributed by atoms with E-state index in [4.69, 9.17) is 0 Å². The minimum atomic E-state index is 0.0687. The molecule has 0 bridgehead atoms. The summed E-state index contributed by atoms with van der Waals surface area (Å²) in [5.74, 6) is 0. The second kappa shape index (κ2) is 6.75. The van der Waals surface area contributed by atoms with Crippen molar-refractivity contribution in [3.05, 3.63) is 75.8 Å². The Bertz CT molecular complexity index is 855. The van der Waals surface area contributed by atoms with Crippen molar-refractivity contribution in [2.24, 2.45) is 0 Å². The maximum Gasteiger partial charge on any atom is 0.189 e. The first-order valence-corrected chi connectivity index (χ1v) is 7.86. The van der Waals surface area contributed by atoms with E-state index in [1.165, 1.54) is 5.56 Å². The van der Waals surface area contributed by atoms with E-state index in [9.17, 15) is 4.79 Å². The molecular weight excluding hydrogens is 286 g/mol. The first-order valence-electron chi connectivity index (χ1n) is 7.86. The summed E-state index contributed by atoms with van der Waals surface area (Å²) in [6.07, 6.45) is 4.58. The van der Waals surface area contributed by atoms with Crippen molar-refractivity contribution in [3.63, 3.8) is 0 Å². The third-order valence-electron chi connectivity index (χ3n) is 3.95. The first kappa shape index (κ1) is 15.4. The Morgan fingerprint density at radius 1 is 1.26 bits per heavy atom. The first-order chi connectivity index (χ1) is 11.1. The van der Waals surface area contributed by atoms with Gasteiger partial charge in [0, 0.05) is 47.6 Å². The van der Waals surface area contributed by atoms with Crippen LogP contribution in [0, 0.1) is 6.92 Å². The number of hydrogen-bond donors (Lipinski definition) is 2. The number of pyridine rings is 2. The van der Waals surface area contributed by atoms with Crippen molar-refractivity contribution in [3.8, 4) is 0 Å². The smallest absolute Gasteiger partial charge is 0.189 e. The Hall–Kier alpha value is -2.46. The summed E-state index contributed by atoms with van der Waals surface area (Å²) in [6.45, 7) is 4.77. The molecule has 0 radical (unpaired) electrons. The van der Waals surface area contributed by atoms with Gasteiger partial charge in [0.25, 0.3) is 0 Å². The fraction of sp³-hybridized carbons (Fsp3) is 0.263. The summed E-state index contributed by atoms with van der Waals surface area (Å²) in [6, 6.07) is 11.9. The van der Waals surface area contributed by atoms with Gasteiger partial charge in [0.15, 0.2) is 5.43 Å². The average Bonchev–Trinajstić information content (AvgIpc) is 2.55. The molecule has 4 nitrogen and oxygen atoms in total.